The molecule has 3 N–H and O–H groups in total. The van der Waals surface area contributed by atoms with E-state index in [1.807, 2.05) is 4.90 Å². The Kier molecular flexibility index (Phi) is 5.75. The molecule has 2 heterocycles. The molecule has 1 saturated heterocycles. The molecule has 7 heteroatoms. The molecule has 1 aromatic rings. The van der Waals surface area contributed by atoms with E-state index in [0.29, 0.717) is 56.3 Å². The van der Waals surface area contributed by atoms with Gasteiger partial charge in [0.15, 0.2) is 11.5 Å². The van der Waals surface area contributed by atoms with E-state index in [4.69, 9.17) is 15.2 Å². The van der Waals surface area contributed by atoms with Crippen LogP contribution in [0.3, 0.4) is 0 Å². The minimum atomic E-state index is -0.0696. The van der Waals surface area contributed by atoms with Crippen LogP contribution in [0.15, 0.2) is 18.2 Å². The van der Waals surface area contributed by atoms with Crippen molar-refractivity contribution in [2.45, 2.75) is 31.7 Å². The van der Waals surface area contributed by atoms with Crippen molar-refractivity contribution < 1.29 is 19.1 Å². The molecule has 25 heavy (non-hydrogen) atoms. The Hall–Kier alpha value is -2.28. The van der Waals surface area contributed by atoms with Gasteiger partial charge in [-0.1, -0.05) is 0 Å². The van der Waals surface area contributed by atoms with Crippen molar-refractivity contribution in [2.75, 3.05) is 32.8 Å². The number of ether oxygens (including phenoxy) is 2. The van der Waals surface area contributed by atoms with Gasteiger partial charge in [0.05, 0.1) is 0 Å². The largest absolute Gasteiger partial charge is 0.486 e. The molecule has 0 saturated carbocycles. The average molecular weight is 347 g/mol. The number of amides is 2. The van der Waals surface area contributed by atoms with Crippen molar-refractivity contribution in [3.05, 3.63) is 23.8 Å². The standard InChI is InChI=1S/C18H25N3O4/c19-7-6-17(22)20-12-14-3-1-2-8-21(14)18(23)13-4-5-15-16(11-13)25-10-9-24-15/h4-5,11,14H,1-3,6-10,12,19H2,(H,20,22). The number of carbonyl (C=O) groups excluding carboxylic acids is 2. The van der Waals surface area contributed by atoms with E-state index in [0.717, 1.165) is 19.3 Å². The third-order valence-corrected chi connectivity index (χ3v) is 4.58. The van der Waals surface area contributed by atoms with Gasteiger partial charge in [-0.15, -0.1) is 0 Å². The smallest absolute Gasteiger partial charge is 0.254 e. The van der Waals surface area contributed by atoms with Crippen LogP contribution in [-0.4, -0.2) is 55.6 Å². The second kappa shape index (κ2) is 8.20. The quantitative estimate of drug-likeness (QED) is 0.826. The number of hydrogen-bond donors (Lipinski definition) is 2. The molecule has 0 radical (unpaired) electrons. The molecule has 0 aliphatic carbocycles. The third-order valence-electron chi connectivity index (χ3n) is 4.58. The topological polar surface area (TPSA) is 93.9 Å². The fourth-order valence-electron chi connectivity index (χ4n) is 3.27. The number of hydrogen-bond acceptors (Lipinski definition) is 5. The minimum Gasteiger partial charge on any atom is -0.486 e. The number of likely N-dealkylation sites (tertiary alicyclic amines) is 1. The highest BCUT2D eigenvalue weighted by molar-refractivity contribution is 5.95. The summed E-state index contributed by atoms with van der Waals surface area (Å²) >= 11 is 0. The van der Waals surface area contributed by atoms with E-state index in [9.17, 15) is 9.59 Å². The number of benzene rings is 1. The predicted octanol–water partition coefficient (Wildman–Crippen LogP) is 0.917. The summed E-state index contributed by atoms with van der Waals surface area (Å²) in [5, 5.41) is 2.88. The number of nitrogens with zero attached hydrogens (tertiary/aromatic N) is 1. The summed E-state index contributed by atoms with van der Waals surface area (Å²) in [5.74, 6) is 1.18. The maximum Gasteiger partial charge on any atom is 0.254 e. The van der Waals surface area contributed by atoms with E-state index in [-0.39, 0.29) is 17.9 Å². The average Bonchev–Trinajstić information content (AvgIpc) is 2.66. The highest BCUT2D eigenvalue weighted by atomic mass is 16.6. The zero-order valence-electron chi connectivity index (χ0n) is 14.3. The molecule has 2 amide bonds. The van der Waals surface area contributed by atoms with E-state index >= 15 is 0 Å². The minimum absolute atomic E-state index is 0.0103. The summed E-state index contributed by atoms with van der Waals surface area (Å²) in [5.41, 5.74) is 5.99. The predicted molar refractivity (Wildman–Crippen MR) is 92.8 cm³/mol. The molecule has 1 aromatic carbocycles. The van der Waals surface area contributed by atoms with Crippen molar-refractivity contribution in [1.29, 1.82) is 0 Å². The summed E-state index contributed by atoms with van der Waals surface area (Å²) in [7, 11) is 0. The molecule has 0 bridgehead atoms. The van der Waals surface area contributed by atoms with Crippen molar-refractivity contribution in [2.24, 2.45) is 5.73 Å². The second-order valence-corrected chi connectivity index (χ2v) is 6.35. The van der Waals surface area contributed by atoms with E-state index < -0.39 is 0 Å². The Morgan fingerprint density at radius 1 is 1.20 bits per heavy atom. The number of piperidine rings is 1. The molecule has 3 rings (SSSR count). The van der Waals surface area contributed by atoms with Gasteiger partial charge in [-0.25, -0.2) is 0 Å². The van der Waals surface area contributed by atoms with Crippen molar-refractivity contribution in [3.63, 3.8) is 0 Å². The first-order valence-electron chi connectivity index (χ1n) is 8.86. The zero-order chi connectivity index (χ0) is 17.6. The van der Waals surface area contributed by atoms with Gasteiger partial charge in [0.2, 0.25) is 5.91 Å². The monoisotopic (exact) mass is 347 g/mol. The van der Waals surface area contributed by atoms with Crippen LogP contribution in [0.4, 0.5) is 0 Å². The van der Waals surface area contributed by atoms with Crippen LogP contribution in [0.2, 0.25) is 0 Å². The Morgan fingerprint density at radius 2 is 2.00 bits per heavy atom. The van der Waals surface area contributed by atoms with E-state index in [2.05, 4.69) is 5.32 Å². The Labute approximate surface area is 147 Å². The highest BCUT2D eigenvalue weighted by Crippen LogP contribution is 2.31. The number of fused-ring (bicyclic) bond motifs is 1. The first-order chi connectivity index (χ1) is 12.2. The zero-order valence-corrected chi connectivity index (χ0v) is 14.3. The molecule has 136 valence electrons. The van der Waals surface area contributed by atoms with Gasteiger partial charge in [-0.3, -0.25) is 9.59 Å². The molecule has 2 aliphatic heterocycles. The van der Waals surface area contributed by atoms with Crippen molar-refractivity contribution in [1.82, 2.24) is 10.2 Å². The maximum atomic E-state index is 13.0. The molecule has 2 aliphatic rings. The SMILES string of the molecule is NCCC(=O)NCC1CCCCN1C(=O)c1ccc2c(c1)OCCO2. The lowest BCUT2D eigenvalue weighted by Gasteiger charge is -2.36. The number of nitrogens with one attached hydrogen (secondary N) is 1. The van der Waals surface area contributed by atoms with Gasteiger partial charge in [-0.2, -0.15) is 0 Å². The summed E-state index contributed by atoms with van der Waals surface area (Å²) in [6, 6.07) is 5.31. The van der Waals surface area contributed by atoms with Gasteiger partial charge in [-0.05, 0) is 37.5 Å². The molecular formula is C18H25N3O4. The van der Waals surface area contributed by atoms with E-state index in [1.54, 1.807) is 18.2 Å². The van der Waals surface area contributed by atoms with Crippen LogP contribution in [0.1, 0.15) is 36.0 Å². The Balaban J connectivity index is 1.69. The molecule has 0 spiro atoms. The number of rotatable bonds is 5. The maximum absolute atomic E-state index is 13.0. The number of nitrogens with two attached hydrogens (primary N) is 1. The molecule has 1 unspecified atom stereocenters. The summed E-state index contributed by atoms with van der Waals surface area (Å²) in [6.07, 6.45) is 3.23. The Morgan fingerprint density at radius 3 is 2.80 bits per heavy atom. The summed E-state index contributed by atoms with van der Waals surface area (Å²) in [4.78, 5) is 26.5. The normalized spacial score (nSPS) is 19.4. The number of carbonyl (C=O) groups is 2. The fraction of sp³-hybridized carbons (Fsp3) is 0.556. The molecule has 0 aromatic heterocycles. The molecule has 7 nitrogen and oxygen atoms in total. The van der Waals surface area contributed by atoms with Crippen LogP contribution in [-0.2, 0) is 4.79 Å². The van der Waals surface area contributed by atoms with Gasteiger partial charge < -0.3 is 25.4 Å². The van der Waals surface area contributed by atoms with Crippen molar-refractivity contribution in [3.8, 4) is 11.5 Å². The van der Waals surface area contributed by atoms with Gasteiger partial charge in [0, 0.05) is 37.7 Å². The lowest BCUT2D eigenvalue weighted by molar-refractivity contribution is -0.121. The fourth-order valence-corrected chi connectivity index (χ4v) is 3.27. The molecule has 1 atom stereocenters. The highest BCUT2D eigenvalue weighted by Gasteiger charge is 2.28. The van der Waals surface area contributed by atoms with Crippen LogP contribution in [0, 0.1) is 0 Å². The van der Waals surface area contributed by atoms with Crippen molar-refractivity contribution >= 4 is 11.8 Å². The third kappa shape index (κ3) is 4.22. The lowest BCUT2D eigenvalue weighted by atomic mass is 10.0. The van der Waals surface area contributed by atoms with Crippen LogP contribution in [0.5, 0.6) is 11.5 Å². The first-order valence-corrected chi connectivity index (χ1v) is 8.86. The molecular weight excluding hydrogens is 322 g/mol. The van der Waals surface area contributed by atoms with Gasteiger partial charge in [0.1, 0.15) is 13.2 Å². The first kappa shape index (κ1) is 17.5. The van der Waals surface area contributed by atoms with Crippen LogP contribution < -0.4 is 20.5 Å². The van der Waals surface area contributed by atoms with Gasteiger partial charge in [0.25, 0.3) is 5.91 Å². The molecule has 1 fully saturated rings. The summed E-state index contributed by atoms with van der Waals surface area (Å²) in [6.45, 7) is 2.51. The van der Waals surface area contributed by atoms with Gasteiger partial charge >= 0.3 is 0 Å². The Bertz CT molecular complexity index is 635. The summed E-state index contributed by atoms with van der Waals surface area (Å²) < 4.78 is 11.1. The second-order valence-electron chi connectivity index (χ2n) is 6.35. The van der Waals surface area contributed by atoms with Crippen LogP contribution in [0.25, 0.3) is 0 Å². The van der Waals surface area contributed by atoms with Crippen LogP contribution >= 0.6 is 0 Å². The van der Waals surface area contributed by atoms with E-state index in [1.165, 1.54) is 0 Å². The lowest BCUT2D eigenvalue weighted by Crippen LogP contribution is -2.49.